The summed E-state index contributed by atoms with van der Waals surface area (Å²) in [6.07, 6.45) is 0.601. The normalized spacial score (nSPS) is 19.8. The quantitative estimate of drug-likeness (QED) is 0.481. The molecule has 0 aliphatic carbocycles. The molecule has 206 valence electrons. The molecular formula is C33H31N5O3. The lowest BCUT2D eigenvalue weighted by atomic mass is 9.80. The van der Waals surface area contributed by atoms with Crippen molar-refractivity contribution in [1.29, 1.82) is 10.5 Å². The Balaban J connectivity index is 1.44. The van der Waals surface area contributed by atoms with Crippen LogP contribution in [0.25, 0.3) is 11.1 Å². The van der Waals surface area contributed by atoms with Gasteiger partial charge >= 0.3 is 0 Å². The Morgan fingerprint density at radius 2 is 1.76 bits per heavy atom. The minimum Gasteiger partial charge on any atom is -0.330 e. The van der Waals surface area contributed by atoms with Crippen molar-refractivity contribution in [3.8, 4) is 23.3 Å². The number of carbonyl (C=O) groups excluding carboxylic acids is 3. The Kier molecular flexibility index (Phi) is 7.34. The van der Waals surface area contributed by atoms with E-state index in [0.29, 0.717) is 23.2 Å². The minimum atomic E-state index is -0.996. The molecule has 3 aromatic rings. The zero-order valence-corrected chi connectivity index (χ0v) is 23.3. The summed E-state index contributed by atoms with van der Waals surface area (Å²) in [7, 11) is 1.61. The van der Waals surface area contributed by atoms with Crippen LogP contribution in [0.1, 0.15) is 48.2 Å². The Bertz CT molecular complexity index is 1620. The predicted octanol–water partition coefficient (Wildman–Crippen LogP) is 4.73. The van der Waals surface area contributed by atoms with Crippen molar-refractivity contribution < 1.29 is 14.4 Å². The highest BCUT2D eigenvalue weighted by Crippen LogP contribution is 2.46. The topological polar surface area (TPSA) is 117 Å². The van der Waals surface area contributed by atoms with E-state index >= 15 is 0 Å². The number of likely N-dealkylation sites (tertiary alicyclic amines) is 1. The van der Waals surface area contributed by atoms with Gasteiger partial charge in [-0.05, 0) is 59.4 Å². The number of hydrogen-bond acceptors (Lipinski definition) is 5. The zero-order chi connectivity index (χ0) is 29.3. The fourth-order valence-electron chi connectivity index (χ4n) is 5.99. The maximum absolute atomic E-state index is 14.2. The van der Waals surface area contributed by atoms with E-state index in [4.69, 9.17) is 0 Å². The van der Waals surface area contributed by atoms with E-state index in [1.54, 1.807) is 43.4 Å². The Hall–Kier alpha value is -4.95. The third-order valence-corrected chi connectivity index (χ3v) is 8.12. The lowest BCUT2D eigenvalue weighted by Crippen LogP contribution is -2.52. The molecule has 1 saturated heterocycles. The first-order valence-electron chi connectivity index (χ1n) is 13.7. The number of anilines is 1. The smallest absolute Gasteiger partial charge is 0.254 e. The van der Waals surface area contributed by atoms with Gasteiger partial charge in [0.05, 0.1) is 23.1 Å². The van der Waals surface area contributed by atoms with Crippen LogP contribution in [0, 0.1) is 28.6 Å². The van der Waals surface area contributed by atoms with Crippen molar-refractivity contribution in [2.45, 2.75) is 44.2 Å². The second kappa shape index (κ2) is 10.9. The number of benzene rings is 3. The standard InChI is InChI=1S/C33H31N5O3/c1-21(2)14-29(37(3)30(39)25-11-7-10-24(16-25)23-9-6-8-22(15-23)18-34)31(40)38-20-33(17-26(38)19-35)27-12-4-5-13-28(27)36-32(33)41/h4-13,15-16,21,26,29H,14,17,20H2,1-3H3,(H,36,41)/t26-,29-,33-/m0/s1. The number of likely N-dealkylation sites (N-methyl/N-ethyl adjacent to an activating group) is 1. The molecule has 2 heterocycles. The largest absolute Gasteiger partial charge is 0.330 e. The van der Waals surface area contributed by atoms with Crippen molar-refractivity contribution >= 4 is 23.4 Å². The Morgan fingerprint density at radius 3 is 2.46 bits per heavy atom. The number of carbonyl (C=O) groups is 3. The summed E-state index contributed by atoms with van der Waals surface area (Å²) in [6, 6.07) is 24.4. The van der Waals surface area contributed by atoms with Crippen LogP contribution in [-0.2, 0) is 15.0 Å². The number of para-hydroxylation sites is 1. The molecule has 0 aromatic heterocycles. The van der Waals surface area contributed by atoms with Gasteiger partial charge in [-0.3, -0.25) is 14.4 Å². The third kappa shape index (κ3) is 4.94. The summed E-state index contributed by atoms with van der Waals surface area (Å²) in [5.41, 5.74) is 3.03. The monoisotopic (exact) mass is 545 g/mol. The molecule has 5 rings (SSSR count). The summed E-state index contributed by atoms with van der Waals surface area (Å²) in [5, 5.41) is 22.2. The molecule has 8 heteroatoms. The van der Waals surface area contributed by atoms with Crippen LogP contribution in [0.5, 0.6) is 0 Å². The number of amides is 3. The summed E-state index contributed by atoms with van der Waals surface area (Å²) >= 11 is 0. The first kappa shape index (κ1) is 27.6. The molecule has 3 atom stereocenters. The molecule has 0 radical (unpaired) electrons. The zero-order valence-electron chi connectivity index (χ0n) is 23.3. The maximum atomic E-state index is 14.2. The van der Waals surface area contributed by atoms with Gasteiger partial charge in [0.15, 0.2) is 0 Å². The van der Waals surface area contributed by atoms with E-state index in [-0.39, 0.29) is 36.6 Å². The fraction of sp³-hybridized carbons (Fsp3) is 0.303. The van der Waals surface area contributed by atoms with Crippen LogP contribution in [0.2, 0.25) is 0 Å². The summed E-state index contributed by atoms with van der Waals surface area (Å²) < 4.78 is 0. The molecule has 41 heavy (non-hydrogen) atoms. The molecule has 0 bridgehead atoms. The molecule has 0 unspecified atom stereocenters. The molecule has 3 aromatic carbocycles. The predicted molar refractivity (Wildman–Crippen MR) is 154 cm³/mol. The van der Waals surface area contributed by atoms with Gasteiger partial charge in [0.1, 0.15) is 12.1 Å². The highest BCUT2D eigenvalue weighted by molar-refractivity contribution is 6.07. The minimum absolute atomic E-state index is 0.0776. The molecule has 2 aliphatic rings. The van der Waals surface area contributed by atoms with Crippen molar-refractivity contribution in [2.24, 2.45) is 5.92 Å². The average molecular weight is 546 g/mol. The molecule has 3 amide bonds. The average Bonchev–Trinajstić information content (AvgIpc) is 3.52. The van der Waals surface area contributed by atoms with Gasteiger partial charge < -0.3 is 15.1 Å². The van der Waals surface area contributed by atoms with Gasteiger partial charge in [0, 0.05) is 31.3 Å². The summed E-state index contributed by atoms with van der Waals surface area (Å²) in [6.45, 7) is 4.04. The highest BCUT2D eigenvalue weighted by Gasteiger charge is 2.56. The van der Waals surface area contributed by atoms with E-state index in [2.05, 4.69) is 17.5 Å². The first-order valence-corrected chi connectivity index (χ1v) is 13.7. The SMILES string of the molecule is CC(C)C[C@@H](C(=O)N1C[C@]2(C[C@H]1C#N)C(=O)Nc1ccccc12)N(C)C(=O)c1cccc(-c2cccc(C#N)c2)c1. The van der Waals surface area contributed by atoms with Crippen molar-refractivity contribution in [3.05, 3.63) is 89.5 Å². The van der Waals surface area contributed by atoms with Crippen molar-refractivity contribution in [1.82, 2.24) is 9.80 Å². The molecule has 1 fully saturated rings. The molecular weight excluding hydrogens is 514 g/mol. The lowest BCUT2D eigenvalue weighted by Gasteiger charge is -2.33. The molecule has 2 aliphatic heterocycles. The van der Waals surface area contributed by atoms with Gasteiger partial charge in [-0.15, -0.1) is 0 Å². The summed E-state index contributed by atoms with van der Waals surface area (Å²) in [4.78, 5) is 44.1. The van der Waals surface area contributed by atoms with Crippen LogP contribution in [0.3, 0.4) is 0 Å². The highest BCUT2D eigenvalue weighted by atomic mass is 16.2. The van der Waals surface area contributed by atoms with E-state index < -0.39 is 17.5 Å². The summed E-state index contributed by atoms with van der Waals surface area (Å²) in [5.74, 6) is -0.787. The molecule has 0 saturated carbocycles. The van der Waals surface area contributed by atoms with Crippen LogP contribution in [0.4, 0.5) is 5.69 Å². The number of nitrogens with one attached hydrogen (secondary N) is 1. The van der Waals surface area contributed by atoms with Crippen LogP contribution < -0.4 is 5.32 Å². The fourth-order valence-corrected chi connectivity index (χ4v) is 5.99. The van der Waals surface area contributed by atoms with E-state index in [0.717, 1.165) is 16.7 Å². The second-order valence-electron chi connectivity index (χ2n) is 11.2. The lowest BCUT2D eigenvalue weighted by molar-refractivity contribution is -0.136. The molecule has 1 spiro atoms. The third-order valence-electron chi connectivity index (χ3n) is 8.12. The van der Waals surface area contributed by atoms with Crippen molar-refractivity contribution in [2.75, 3.05) is 18.9 Å². The molecule has 8 nitrogen and oxygen atoms in total. The van der Waals surface area contributed by atoms with Crippen LogP contribution in [0.15, 0.2) is 72.8 Å². The van der Waals surface area contributed by atoms with Gasteiger partial charge in [-0.25, -0.2) is 0 Å². The van der Waals surface area contributed by atoms with E-state index in [9.17, 15) is 24.9 Å². The van der Waals surface area contributed by atoms with Gasteiger partial charge in [0.25, 0.3) is 5.91 Å². The van der Waals surface area contributed by atoms with Gasteiger partial charge in [-0.1, -0.05) is 56.3 Å². The number of fused-ring (bicyclic) bond motifs is 2. The van der Waals surface area contributed by atoms with E-state index in [1.165, 1.54) is 9.80 Å². The van der Waals surface area contributed by atoms with Gasteiger partial charge in [-0.2, -0.15) is 10.5 Å². The number of rotatable bonds is 6. The number of nitriles is 2. The second-order valence-corrected chi connectivity index (χ2v) is 11.2. The van der Waals surface area contributed by atoms with E-state index in [1.807, 2.05) is 50.2 Å². The Labute approximate surface area is 239 Å². The van der Waals surface area contributed by atoms with Crippen molar-refractivity contribution in [3.63, 3.8) is 0 Å². The Morgan fingerprint density at radius 1 is 1.05 bits per heavy atom. The molecule has 1 N–H and O–H groups in total. The maximum Gasteiger partial charge on any atom is 0.254 e. The number of hydrogen-bond donors (Lipinski definition) is 1. The number of nitrogens with zero attached hydrogens (tertiary/aromatic N) is 4. The van der Waals surface area contributed by atoms with Crippen LogP contribution >= 0.6 is 0 Å². The van der Waals surface area contributed by atoms with Crippen LogP contribution in [-0.4, -0.2) is 53.2 Å². The van der Waals surface area contributed by atoms with Gasteiger partial charge in [0.2, 0.25) is 11.8 Å². The first-order chi connectivity index (χ1) is 19.7.